The summed E-state index contributed by atoms with van der Waals surface area (Å²) in [6, 6.07) is 5.07. The van der Waals surface area contributed by atoms with Crippen LogP contribution in [-0.4, -0.2) is 15.3 Å². The van der Waals surface area contributed by atoms with E-state index in [9.17, 15) is 5.11 Å². The molecule has 1 aromatic heterocycles. The minimum Gasteiger partial charge on any atom is -0.506 e. The number of aromatic nitrogens is 2. The lowest BCUT2D eigenvalue weighted by Crippen LogP contribution is -1.81. The Balaban J connectivity index is 2.53. The number of hydrogen-bond acceptors (Lipinski definition) is 2. The van der Waals surface area contributed by atoms with E-state index in [0.29, 0.717) is 5.02 Å². The van der Waals surface area contributed by atoms with E-state index in [-0.39, 0.29) is 5.75 Å². The fourth-order valence-corrected chi connectivity index (χ4v) is 1.48. The molecular weight excluding hydrogens is 200 g/mol. The largest absolute Gasteiger partial charge is 0.506 e. The predicted octanol–water partition coefficient (Wildman–Crippen LogP) is 2.74. The van der Waals surface area contributed by atoms with Crippen LogP contribution in [0.5, 0.6) is 5.75 Å². The summed E-state index contributed by atoms with van der Waals surface area (Å²) >= 11 is 5.80. The molecule has 4 heteroatoms. The molecule has 0 unspecified atom stereocenters. The van der Waals surface area contributed by atoms with Crippen LogP contribution < -0.4 is 0 Å². The number of rotatable bonds is 1. The number of hydrogen-bond donors (Lipinski definition) is 2. The van der Waals surface area contributed by atoms with Crippen molar-refractivity contribution in [3.05, 3.63) is 35.0 Å². The molecule has 0 fully saturated rings. The van der Waals surface area contributed by atoms with Gasteiger partial charge in [-0.15, -0.1) is 0 Å². The normalized spacial score (nSPS) is 10.4. The molecule has 2 N–H and O–H groups in total. The van der Waals surface area contributed by atoms with Gasteiger partial charge in [-0.05, 0) is 30.7 Å². The molecule has 1 aromatic carbocycles. The standard InChI is InChI=1S/C10H9ClN2O/c1-6-5-12-13-10(6)7-2-3-9(14)8(11)4-7/h2-5,14H,1H3,(H,12,13). The van der Waals surface area contributed by atoms with Crippen LogP contribution in [0.25, 0.3) is 11.3 Å². The highest BCUT2D eigenvalue weighted by atomic mass is 35.5. The summed E-state index contributed by atoms with van der Waals surface area (Å²) in [4.78, 5) is 0. The number of aromatic hydroxyl groups is 1. The van der Waals surface area contributed by atoms with Crippen molar-refractivity contribution in [2.45, 2.75) is 6.92 Å². The Kier molecular flexibility index (Phi) is 2.17. The van der Waals surface area contributed by atoms with Crippen molar-refractivity contribution in [1.29, 1.82) is 0 Å². The van der Waals surface area contributed by atoms with Crippen molar-refractivity contribution in [1.82, 2.24) is 10.2 Å². The number of nitrogens with zero attached hydrogens (tertiary/aromatic N) is 1. The van der Waals surface area contributed by atoms with Crippen LogP contribution in [0.15, 0.2) is 24.4 Å². The highest BCUT2D eigenvalue weighted by Gasteiger charge is 2.06. The molecule has 0 amide bonds. The van der Waals surface area contributed by atoms with Crippen molar-refractivity contribution < 1.29 is 5.11 Å². The fourth-order valence-electron chi connectivity index (χ4n) is 1.30. The zero-order valence-electron chi connectivity index (χ0n) is 7.58. The first-order valence-electron chi connectivity index (χ1n) is 4.17. The first kappa shape index (κ1) is 9.09. The van der Waals surface area contributed by atoms with Gasteiger partial charge >= 0.3 is 0 Å². The van der Waals surface area contributed by atoms with Crippen molar-refractivity contribution in [3.63, 3.8) is 0 Å². The zero-order valence-corrected chi connectivity index (χ0v) is 8.34. The lowest BCUT2D eigenvalue weighted by atomic mass is 10.1. The molecule has 0 spiro atoms. The number of H-pyrrole nitrogens is 1. The van der Waals surface area contributed by atoms with Gasteiger partial charge in [0.1, 0.15) is 5.75 Å². The highest BCUT2D eigenvalue weighted by molar-refractivity contribution is 6.32. The molecule has 3 nitrogen and oxygen atoms in total. The molecule has 0 bridgehead atoms. The number of halogens is 1. The second kappa shape index (κ2) is 3.35. The van der Waals surface area contributed by atoms with Crippen molar-refractivity contribution in [3.8, 4) is 17.0 Å². The summed E-state index contributed by atoms with van der Waals surface area (Å²) in [7, 11) is 0. The van der Waals surface area contributed by atoms with E-state index in [0.717, 1.165) is 16.8 Å². The highest BCUT2D eigenvalue weighted by Crippen LogP contribution is 2.29. The molecule has 2 aromatic rings. The van der Waals surface area contributed by atoms with Crippen LogP contribution >= 0.6 is 11.6 Å². The lowest BCUT2D eigenvalue weighted by Gasteiger charge is -2.01. The second-order valence-electron chi connectivity index (χ2n) is 3.09. The number of benzene rings is 1. The monoisotopic (exact) mass is 208 g/mol. The van der Waals surface area contributed by atoms with Crippen LogP contribution in [0.2, 0.25) is 5.02 Å². The average Bonchev–Trinajstić information content (AvgIpc) is 2.57. The summed E-state index contributed by atoms with van der Waals surface area (Å²) in [5.41, 5.74) is 2.89. The Labute approximate surface area is 86.3 Å². The summed E-state index contributed by atoms with van der Waals surface area (Å²) < 4.78 is 0. The Morgan fingerprint density at radius 2 is 2.21 bits per heavy atom. The van der Waals surface area contributed by atoms with Gasteiger partial charge in [-0.3, -0.25) is 5.10 Å². The van der Waals surface area contributed by atoms with Gasteiger partial charge < -0.3 is 5.11 Å². The van der Waals surface area contributed by atoms with Gasteiger partial charge in [-0.25, -0.2) is 0 Å². The predicted molar refractivity (Wildman–Crippen MR) is 55.4 cm³/mol. The van der Waals surface area contributed by atoms with E-state index >= 15 is 0 Å². The summed E-state index contributed by atoms with van der Waals surface area (Å²) in [5.74, 6) is 0.0904. The molecule has 0 radical (unpaired) electrons. The molecule has 0 aliphatic rings. The van der Waals surface area contributed by atoms with E-state index in [4.69, 9.17) is 11.6 Å². The Bertz CT molecular complexity index is 465. The first-order chi connectivity index (χ1) is 6.68. The van der Waals surface area contributed by atoms with Gasteiger partial charge in [-0.1, -0.05) is 11.6 Å². The summed E-state index contributed by atoms with van der Waals surface area (Å²) in [6.07, 6.45) is 1.75. The Morgan fingerprint density at radius 3 is 2.79 bits per heavy atom. The van der Waals surface area contributed by atoms with Gasteiger partial charge in [-0.2, -0.15) is 5.10 Å². The molecule has 0 aliphatic carbocycles. The third-order valence-corrected chi connectivity index (χ3v) is 2.37. The van der Waals surface area contributed by atoms with Crippen LogP contribution in [0, 0.1) is 6.92 Å². The number of phenols is 1. The zero-order chi connectivity index (χ0) is 10.1. The van der Waals surface area contributed by atoms with E-state index in [1.165, 1.54) is 0 Å². The maximum Gasteiger partial charge on any atom is 0.134 e. The van der Waals surface area contributed by atoms with Gasteiger partial charge in [0.05, 0.1) is 16.9 Å². The quantitative estimate of drug-likeness (QED) is 0.757. The van der Waals surface area contributed by atoms with Gasteiger partial charge in [0.2, 0.25) is 0 Å². The maximum absolute atomic E-state index is 9.25. The van der Waals surface area contributed by atoms with Crippen molar-refractivity contribution in [2.75, 3.05) is 0 Å². The summed E-state index contributed by atoms with van der Waals surface area (Å²) in [5, 5.41) is 16.4. The maximum atomic E-state index is 9.25. The SMILES string of the molecule is Cc1cn[nH]c1-c1ccc(O)c(Cl)c1. The van der Waals surface area contributed by atoms with Crippen LogP contribution in [-0.2, 0) is 0 Å². The molecule has 0 saturated carbocycles. The third-order valence-electron chi connectivity index (χ3n) is 2.07. The Morgan fingerprint density at radius 1 is 1.43 bits per heavy atom. The lowest BCUT2D eigenvalue weighted by molar-refractivity contribution is 0.475. The molecule has 1 heterocycles. The Hall–Kier alpha value is -1.48. The van der Waals surface area contributed by atoms with E-state index in [1.807, 2.05) is 6.92 Å². The van der Waals surface area contributed by atoms with E-state index in [1.54, 1.807) is 24.4 Å². The first-order valence-corrected chi connectivity index (χ1v) is 4.55. The van der Waals surface area contributed by atoms with E-state index in [2.05, 4.69) is 10.2 Å². The molecule has 0 saturated heterocycles. The molecule has 2 rings (SSSR count). The number of nitrogens with one attached hydrogen (secondary N) is 1. The molecule has 72 valence electrons. The number of aryl methyl sites for hydroxylation is 1. The number of phenolic OH excluding ortho intramolecular Hbond substituents is 1. The van der Waals surface area contributed by atoms with Crippen LogP contribution in [0.3, 0.4) is 0 Å². The molecular formula is C10H9ClN2O. The molecule has 14 heavy (non-hydrogen) atoms. The number of aromatic amines is 1. The van der Waals surface area contributed by atoms with Crippen LogP contribution in [0.1, 0.15) is 5.56 Å². The average molecular weight is 209 g/mol. The minimum absolute atomic E-state index is 0.0904. The van der Waals surface area contributed by atoms with Crippen molar-refractivity contribution >= 4 is 11.6 Å². The molecule has 0 atom stereocenters. The fraction of sp³-hybridized carbons (Fsp3) is 0.100. The van der Waals surface area contributed by atoms with Gasteiger partial charge in [0.25, 0.3) is 0 Å². The molecule has 0 aliphatic heterocycles. The van der Waals surface area contributed by atoms with Crippen molar-refractivity contribution in [2.24, 2.45) is 0 Å². The summed E-state index contributed by atoms with van der Waals surface area (Å²) in [6.45, 7) is 1.96. The van der Waals surface area contributed by atoms with Crippen LogP contribution in [0.4, 0.5) is 0 Å². The van der Waals surface area contributed by atoms with Gasteiger partial charge in [0, 0.05) is 5.56 Å². The smallest absolute Gasteiger partial charge is 0.134 e. The minimum atomic E-state index is 0.0904. The van der Waals surface area contributed by atoms with Gasteiger partial charge in [0.15, 0.2) is 0 Å². The van der Waals surface area contributed by atoms with E-state index < -0.39 is 0 Å². The third kappa shape index (κ3) is 1.46. The second-order valence-corrected chi connectivity index (χ2v) is 3.50. The topological polar surface area (TPSA) is 48.9 Å².